The van der Waals surface area contributed by atoms with Gasteiger partial charge >= 0.3 is 0 Å². The molecule has 11 heavy (non-hydrogen) atoms. The molecule has 0 saturated carbocycles. The van der Waals surface area contributed by atoms with Crippen molar-refractivity contribution < 1.29 is 9.90 Å². The third kappa shape index (κ3) is 2.85. The molecule has 3 heteroatoms. The van der Waals surface area contributed by atoms with Crippen LogP contribution < -0.4 is 5.11 Å². The second kappa shape index (κ2) is 4.51. The lowest BCUT2D eigenvalue weighted by atomic mass is 9.97. The van der Waals surface area contributed by atoms with Gasteiger partial charge in [-0.15, -0.1) is 0 Å². The third-order valence-electron chi connectivity index (χ3n) is 1.42. The molecular weight excluding hydrogens is 142 g/mol. The van der Waals surface area contributed by atoms with Crippen molar-refractivity contribution in [2.24, 2.45) is 5.92 Å². The molecule has 3 nitrogen and oxygen atoms in total. The van der Waals surface area contributed by atoms with Crippen molar-refractivity contribution in [2.75, 3.05) is 0 Å². The van der Waals surface area contributed by atoms with E-state index in [1.54, 1.807) is 0 Å². The molecule has 0 aliphatic rings. The van der Waals surface area contributed by atoms with Crippen LogP contribution in [0, 0.1) is 17.2 Å². The lowest BCUT2D eigenvalue weighted by Crippen LogP contribution is -2.27. The molecule has 0 N–H and O–H groups in total. The van der Waals surface area contributed by atoms with Gasteiger partial charge in [-0.1, -0.05) is 19.9 Å². The van der Waals surface area contributed by atoms with Crippen molar-refractivity contribution in [1.29, 1.82) is 5.26 Å². The van der Waals surface area contributed by atoms with E-state index in [4.69, 9.17) is 5.26 Å². The monoisotopic (exact) mass is 152 g/mol. The van der Waals surface area contributed by atoms with Gasteiger partial charge in [0.05, 0.1) is 18.0 Å². The summed E-state index contributed by atoms with van der Waals surface area (Å²) in [5.74, 6) is -1.92. The number of carbonyl (C=O) groups excluding carboxylic acids is 1. The normalized spacial score (nSPS) is 11.6. The number of rotatable bonds is 4. The third-order valence-corrected chi connectivity index (χ3v) is 1.42. The van der Waals surface area contributed by atoms with Gasteiger partial charge in [0.15, 0.2) is 0 Å². The molecule has 0 spiro atoms. The molecule has 0 amide bonds. The van der Waals surface area contributed by atoms with Gasteiger partial charge in [0.1, 0.15) is 0 Å². The van der Waals surface area contributed by atoms with Gasteiger partial charge in [0, 0.05) is 0 Å². The van der Waals surface area contributed by atoms with Crippen molar-refractivity contribution in [2.45, 2.75) is 19.8 Å². The first-order valence-electron chi connectivity index (χ1n) is 3.43. The predicted octanol–water partition coefficient (Wildman–Crippen LogP) is 0.232. The molecule has 0 aromatic carbocycles. The zero-order valence-electron chi connectivity index (χ0n) is 6.46. The summed E-state index contributed by atoms with van der Waals surface area (Å²) in [5, 5.41) is 18.7. The Hall–Kier alpha value is -1.30. The van der Waals surface area contributed by atoms with Crippen LogP contribution >= 0.6 is 0 Å². The lowest BCUT2D eigenvalue weighted by molar-refractivity contribution is -0.299. The molecule has 1 atom stereocenters. The van der Waals surface area contributed by atoms with Gasteiger partial charge in [-0.2, -0.15) is 5.26 Å². The highest BCUT2D eigenvalue weighted by atomic mass is 16.4. The predicted molar refractivity (Wildman–Crippen MR) is 38.2 cm³/mol. The van der Waals surface area contributed by atoms with Crippen molar-refractivity contribution in [3.8, 4) is 6.07 Å². The summed E-state index contributed by atoms with van der Waals surface area (Å²) < 4.78 is 0. The number of carbonyl (C=O) groups is 1. The number of nitriles is 1. The lowest BCUT2D eigenvalue weighted by Gasteiger charge is -2.11. The Bertz CT molecular complexity index is 203. The molecule has 0 aromatic heterocycles. The fraction of sp³-hybridized carbons (Fsp3) is 0.500. The van der Waals surface area contributed by atoms with Gasteiger partial charge < -0.3 is 9.90 Å². The van der Waals surface area contributed by atoms with Crippen LogP contribution in [-0.4, -0.2) is 5.97 Å². The summed E-state index contributed by atoms with van der Waals surface area (Å²) in [7, 11) is 0. The molecule has 1 unspecified atom stereocenters. The van der Waals surface area contributed by atoms with Crippen LogP contribution in [0.15, 0.2) is 12.2 Å². The maximum Gasteiger partial charge on any atom is 0.0724 e. The molecule has 60 valence electrons. The highest BCUT2D eigenvalue weighted by molar-refractivity contribution is 5.85. The number of nitrogens with zero attached hydrogens (tertiary/aromatic N) is 1. The largest absolute Gasteiger partial charge is 0.545 e. The van der Waals surface area contributed by atoms with E-state index in [0.29, 0.717) is 6.42 Å². The molecular formula is C8H10NO2-. The van der Waals surface area contributed by atoms with E-state index in [1.807, 2.05) is 13.0 Å². The summed E-state index contributed by atoms with van der Waals surface area (Å²) in [6.07, 6.45) is 1.30. The molecule has 0 radical (unpaired) electrons. The smallest absolute Gasteiger partial charge is 0.0724 e. The van der Waals surface area contributed by atoms with Crippen LogP contribution in [0.2, 0.25) is 0 Å². The van der Waals surface area contributed by atoms with Gasteiger partial charge in [0.25, 0.3) is 0 Å². The number of hydrogen-bond donors (Lipinski definition) is 0. The Morgan fingerprint density at radius 2 is 2.36 bits per heavy atom. The fourth-order valence-electron chi connectivity index (χ4n) is 0.748. The minimum atomic E-state index is -1.33. The van der Waals surface area contributed by atoms with E-state index in [0.717, 1.165) is 6.42 Å². The zero-order valence-corrected chi connectivity index (χ0v) is 6.46. The fourth-order valence-corrected chi connectivity index (χ4v) is 0.748. The Morgan fingerprint density at radius 1 is 1.82 bits per heavy atom. The first-order valence-corrected chi connectivity index (χ1v) is 3.43. The van der Waals surface area contributed by atoms with Crippen LogP contribution in [0.1, 0.15) is 19.8 Å². The van der Waals surface area contributed by atoms with Crippen molar-refractivity contribution >= 4 is 5.97 Å². The first kappa shape index (κ1) is 9.70. The van der Waals surface area contributed by atoms with Gasteiger partial charge in [-0.3, -0.25) is 0 Å². The Labute approximate surface area is 66.0 Å². The molecule has 0 aliphatic heterocycles. The van der Waals surface area contributed by atoms with Crippen LogP contribution in [0.4, 0.5) is 0 Å². The Balaban J connectivity index is 4.17. The van der Waals surface area contributed by atoms with Crippen LogP contribution in [0.5, 0.6) is 0 Å². The van der Waals surface area contributed by atoms with Gasteiger partial charge in [-0.25, -0.2) is 0 Å². The number of carboxylic acids is 1. The van der Waals surface area contributed by atoms with Crippen LogP contribution in [0.25, 0.3) is 0 Å². The van der Waals surface area contributed by atoms with E-state index in [9.17, 15) is 9.90 Å². The molecule has 0 bridgehead atoms. The van der Waals surface area contributed by atoms with Crippen molar-refractivity contribution in [3.63, 3.8) is 0 Å². The Kier molecular flexibility index (Phi) is 3.97. The summed E-state index contributed by atoms with van der Waals surface area (Å²) >= 11 is 0. The number of carboxylic acid groups (broad SMARTS) is 1. The Morgan fingerprint density at radius 3 is 2.64 bits per heavy atom. The minimum absolute atomic E-state index is 0.116. The highest BCUT2D eigenvalue weighted by Gasteiger charge is 2.10. The molecule has 0 aromatic rings. The van der Waals surface area contributed by atoms with E-state index in [2.05, 4.69) is 6.58 Å². The molecule has 0 rings (SSSR count). The van der Waals surface area contributed by atoms with Crippen LogP contribution in [0.3, 0.4) is 0 Å². The van der Waals surface area contributed by atoms with E-state index in [-0.39, 0.29) is 5.57 Å². The summed E-state index contributed by atoms with van der Waals surface area (Å²) in [6.45, 7) is 5.14. The van der Waals surface area contributed by atoms with Crippen LogP contribution in [-0.2, 0) is 4.79 Å². The van der Waals surface area contributed by atoms with E-state index < -0.39 is 11.9 Å². The maximum atomic E-state index is 10.2. The SMILES string of the molecule is C=C(C(=O)[O-])C(C#N)CCC. The standard InChI is InChI=1S/C8H11NO2/c1-3-4-7(5-9)6(2)8(10)11/h7H,2-4H2,1H3,(H,10,11)/p-1. The van der Waals surface area contributed by atoms with Gasteiger partial charge in [-0.05, 0) is 12.0 Å². The summed E-state index contributed by atoms with van der Waals surface area (Å²) in [6, 6.07) is 1.86. The topological polar surface area (TPSA) is 63.9 Å². The average molecular weight is 152 g/mol. The molecule has 0 fully saturated rings. The molecule has 0 aliphatic carbocycles. The average Bonchev–Trinajstić information content (AvgIpc) is 1.98. The van der Waals surface area contributed by atoms with Gasteiger partial charge in [0.2, 0.25) is 0 Å². The number of aliphatic carboxylic acids is 1. The number of hydrogen-bond acceptors (Lipinski definition) is 3. The minimum Gasteiger partial charge on any atom is -0.545 e. The maximum absolute atomic E-state index is 10.2. The van der Waals surface area contributed by atoms with E-state index in [1.165, 1.54) is 0 Å². The summed E-state index contributed by atoms with van der Waals surface area (Å²) in [5.41, 5.74) is -0.116. The van der Waals surface area contributed by atoms with Crippen molar-refractivity contribution in [3.05, 3.63) is 12.2 Å². The highest BCUT2D eigenvalue weighted by Crippen LogP contribution is 2.13. The zero-order chi connectivity index (χ0) is 8.85. The quantitative estimate of drug-likeness (QED) is 0.542. The second-order valence-corrected chi connectivity index (χ2v) is 2.28. The first-order chi connectivity index (χ1) is 5.13. The second-order valence-electron chi connectivity index (χ2n) is 2.28. The van der Waals surface area contributed by atoms with E-state index >= 15 is 0 Å². The molecule has 0 heterocycles. The molecule has 0 saturated heterocycles. The summed E-state index contributed by atoms with van der Waals surface area (Å²) in [4.78, 5) is 10.2. The van der Waals surface area contributed by atoms with Crippen molar-refractivity contribution in [1.82, 2.24) is 0 Å².